The van der Waals surface area contributed by atoms with Crippen molar-refractivity contribution in [3.63, 3.8) is 0 Å². The molecule has 0 amide bonds. The smallest absolute Gasteiger partial charge is 0.0468 e. The summed E-state index contributed by atoms with van der Waals surface area (Å²) in [6.07, 6.45) is 0. The summed E-state index contributed by atoms with van der Waals surface area (Å²) in [6.45, 7) is 14.3. The lowest BCUT2D eigenvalue weighted by atomic mass is 9.81. The molecule has 1 nitrogen and oxygen atoms in total. The van der Waals surface area contributed by atoms with Crippen molar-refractivity contribution in [2.24, 2.45) is 0 Å². The average Bonchev–Trinajstić information content (AvgIpc) is 3.60. The molecule has 0 fully saturated rings. The van der Waals surface area contributed by atoms with Crippen molar-refractivity contribution in [3.05, 3.63) is 173 Å². The summed E-state index contributed by atoms with van der Waals surface area (Å²) >= 11 is 0. The highest BCUT2D eigenvalue weighted by molar-refractivity contribution is 5.95. The highest BCUT2D eigenvalue weighted by Crippen LogP contribution is 2.55. The molecule has 0 aliphatic heterocycles. The van der Waals surface area contributed by atoms with Crippen LogP contribution in [-0.4, -0.2) is 0 Å². The van der Waals surface area contributed by atoms with Crippen molar-refractivity contribution in [2.45, 2.75) is 57.8 Å². The van der Waals surface area contributed by atoms with Crippen molar-refractivity contribution in [1.82, 2.24) is 0 Å². The summed E-state index contributed by atoms with van der Waals surface area (Å²) in [6, 6.07) is 53.0. The normalized spacial score (nSPS) is 16.3. The molecule has 0 unspecified atom stereocenters. The first-order chi connectivity index (χ1) is 24.0. The lowest BCUT2D eigenvalue weighted by Gasteiger charge is -2.30. The molecule has 0 saturated carbocycles. The first kappa shape index (κ1) is 29.5. The Morgan fingerprint density at radius 1 is 0.300 bits per heavy atom. The Kier molecular flexibility index (Phi) is 5.82. The molecule has 242 valence electrons. The zero-order valence-electron chi connectivity index (χ0n) is 29.7. The van der Waals surface area contributed by atoms with Gasteiger partial charge in [0.25, 0.3) is 0 Å². The predicted molar refractivity (Wildman–Crippen MR) is 211 cm³/mol. The first-order valence-electron chi connectivity index (χ1n) is 18.0. The van der Waals surface area contributed by atoms with Gasteiger partial charge in [0, 0.05) is 33.3 Å². The molecule has 7 aromatic carbocycles. The molecule has 3 aliphatic carbocycles. The van der Waals surface area contributed by atoms with E-state index in [1.165, 1.54) is 94.6 Å². The molecule has 0 N–H and O–H groups in total. The van der Waals surface area contributed by atoms with Gasteiger partial charge in [-0.15, -0.1) is 0 Å². The SMILES string of the molecule is CC1(C)c2ccccc2-c2ccc(N(c3ccc4c(c3)-c3cc5ccccc5cc3C4(C)C)c3ccc4c(c3)C(C)(C)c3ccccc3-4)cc21. The minimum atomic E-state index is -0.0862. The van der Waals surface area contributed by atoms with Gasteiger partial charge in [0.15, 0.2) is 0 Å². The largest absolute Gasteiger partial charge is 0.310 e. The molecule has 1 heteroatoms. The van der Waals surface area contributed by atoms with Crippen LogP contribution in [0.4, 0.5) is 17.1 Å². The highest BCUT2D eigenvalue weighted by Gasteiger charge is 2.39. The topological polar surface area (TPSA) is 3.24 Å². The van der Waals surface area contributed by atoms with Crippen molar-refractivity contribution in [2.75, 3.05) is 4.90 Å². The molecule has 0 bridgehead atoms. The molecule has 0 saturated heterocycles. The second-order valence-corrected chi connectivity index (χ2v) is 16.2. The number of hydrogen-bond donors (Lipinski definition) is 0. The van der Waals surface area contributed by atoms with Gasteiger partial charge in [0.1, 0.15) is 0 Å². The molecule has 7 aromatic rings. The summed E-state index contributed by atoms with van der Waals surface area (Å²) < 4.78 is 0. The molecule has 0 atom stereocenters. The van der Waals surface area contributed by atoms with Gasteiger partial charge in [-0.2, -0.15) is 0 Å². The Bertz CT molecular complexity index is 2470. The molecule has 50 heavy (non-hydrogen) atoms. The van der Waals surface area contributed by atoms with E-state index in [1.54, 1.807) is 0 Å². The van der Waals surface area contributed by atoms with Crippen LogP contribution in [0.3, 0.4) is 0 Å². The van der Waals surface area contributed by atoms with Crippen LogP contribution in [0, 0.1) is 0 Å². The van der Waals surface area contributed by atoms with E-state index in [-0.39, 0.29) is 16.2 Å². The minimum Gasteiger partial charge on any atom is -0.310 e. The fourth-order valence-electron chi connectivity index (χ4n) is 9.67. The second-order valence-electron chi connectivity index (χ2n) is 16.2. The van der Waals surface area contributed by atoms with Gasteiger partial charge in [-0.05, 0) is 126 Å². The number of rotatable bonds is 3. The molecular weight excluding hydrogens is 603 g/mol. The van der Waals surface area contributed by atoms with Gasteiger partial charge in [-0.3, -0.25) is 0 Å². The maximum atomic E-state index is 2.50. The van der Waals surface area contributed by atoms with E-state index in [0.29, 0.717) is 0 Å². The van der Waals surface area contributed by atoms with Crippen LogP contribution in [0.2, 0.25) is 0 Å². The van der Waals surface area contributed by atoms with Crippen molar-refractivity contribution in [3.8, 4) is 33.4 Å². The summed E-state index contributed by atoms with van der Waals surface area (Å²) in [4.78, 5) is 2.50. The van der Waals surface area contributed by atoms with Crippen LogP contribution < -0.4 is 4.90 Å². The van der Waals surface area contributed by atoms with Crippen molar-refractivity contribution < 1.29 is 0 Å². The zero-order chi connectivity index (χ0) is 34.2. The summed E-state index contributed by atoms with van der Waals surface area (Å²) in [7, 11) is 0. The molecule has 0 aromatic heterocycles. The Balaban J connectivity index is 1.20. The number of nitrogens with zero attached hydrogens (tertiary/aromatic N) is 1. The predicted octanol–water partition coefficient (Wildman–Crippen LogP) is 13.2. The van der Waals surface area contributed by atoms with Gasteiger partial charge in [0.05, 0.1) is 0 Å². The van der Waals surface area contributed by atoms with E-state index in [9.17, 15) is 0 Å². The first-order valence-corrected chi connectivity index (χ1v) is 18.0. The Morgan fingerprint density at radius 3 is 1.24 bits per heavy atom. The summed E-state index contributed by atoms with van der Waals surface area (Å²) in [5.74, 6) is 0. The van der Waals surface area contributed by atoms with E-state index >= 15 is 0 Å². The zero-order valence-corrected chi connectivity index (χ0v) is 29.7. The van der Waals surface area contributed by atoms with Crippen molar-refractivity contribution in [1.29, 1.82) is 0 Å². The number of fused-ring (bicyclic) bond motifs is 10. The van der Waals surface area contributed by atoms with Gasteiger partial charge in [-0.1, -0.05) is 133 Å². The fraction of sp³-hybridized carbons (Fsp3) is 0.184. The molecule has 0 spiro atoms. The minimum absolute atomic E-state index is 0.0786. The van der Waals surface area contributed by atoms with Crippen LogP contribution in [0.25, 0.3) is 44.2 Å². The van der Waals surface area contributed by atoms with Gasteiger partial charge < -0.3 is 4.90 Å². The quantitative estimate of drug-likeness (QED) is 0.185. The maximum absolute atomic E-state index is 2.50. The van der Waals surface area contributed by atoms with Crippen LogP contribution in [0.15, 0.2) is 140 Å². The van der Waals surface area contributed by atoms with Crippen LogP contribution in [0.5, 0.6) is 0 Å². The fourth-order valence-corrected chi connectivity index (χ4v) is 9.67. The second kappa shape index (κ2) is 9.86. The molecule has 0 radical (unpaired) electrons. The van der Waals surface area contributed by atoms with E-state index in [2.05, 4.69) is 186 Å². The van der Waals surface area contributed by atoms with Crippen LogP contribution in [0.1, 0.15) is 74.9 Å². The molecule has 3 aliphatic rings. The Hall–Kier alpha value is -5.40. The monoisotopic (exact) mass is 643 g/mol. The van der Waals surface area contributed by atoms with Gasteiger partial charge >= 0.3 is 0 Å². The Labute approximate surface area is 295 Å². The third-order valence-corrected chi connectivity index (χ3v) is 12.4. The molecular formula is C49H41N. The Morgan fingerprint density at radius 2 is 0.680 bits per heavy atom. The standard InChI is InChI=1S/C49H41N/c1-47(2)41-17-11-9-15-35(41)37-22-19-33(28-45(37)47)50(34-20-23-38-36-16-10-12-18-42(36)48(3,4)46(38)29-34)32-21-24-43-40(27-32)39-25-30-13-7-8-14-31(30)26-44(39)49(43,5)6/h7-29H,1-6H3. The number of hydrogen-bond acceptors (Lipinski definition) is 1. The van der Waals surface area contributed by atoms with E-state index < -0.39 is 0 Å². The number of benzene rings is 7. The van der Waals surface area contributed by atoms with Gasteiger partial charge in [-0.25, -0.2) is 0 Å². The summed E-state index contributed by atoms with van der Waals surface area (Å²) in [5.41, 5.74) is 19.8. The third kappa shape index (κ3) is 3.84. The van der Waals surface area contributed by atoms with E-state index in [0.717, 1.165) is 0 Å². The average molecular weight is 644 g/mol. The van der Waals surface area contributed by atoms with Crippen LogP contribution in [-0.2, 0) is 16.2 Å². The van der Waals surface area contributed by atoms with Crippen LogP contribution >= 0.6 is 0 Å². The van der Waals surface area contributed by atoms with E-state index in [4.69, 9.17) is 0 Å². The number of anilines is 3. The third-order valence-electron chi connectivity index (χ3n) is 12.4. The van der Waals surface area contributed by atoms with Crippen molar-refractivity contribution >= 4 is 27.8 Å². The van der Waals surface area contributed by atoms with Gasteiger partial charge in [0.2, 0.25) is 0 Å². The maximum Gasteiger partial charge on any atom is 0.0468 e. The lowest BCUT2D eigenvalue weighted by Crippen LogP contribution is -2.18. The lowest BCUT2D eigenvalue weighted by molar-refractivity contribution is 0.659. The molecule has 10 rings (SSSR count). The highest BCUT2D eigenvalue weighted by atomic mass is 15.1. The molecule has 0 heterocycles. The van der Waals surface area contributed by atoms with E-state index in [1.807, 2.05) is 0 Å². The summed E-state index contributed by atoms with van der Waals surface area (Å²) in [5, 5.41) is 2.59.